The monoisotopic (exact) mass is 1860 g/mol. The Labute approximate surface area is 812 Å². The predicted molar refractivity (Wildman–Crippen MR) is 554 cm³/mol. The third kappa shape index (κ3) is 14.9. The van der Waals surface area contributed by atoms with Gasteiger partial charge in [0.25, 0.3) is 0 Å². The normalized spacial score (nSPS) is 12.5. The van der Waals surface area contributed by atoms with E-state index in [0.717, 1.165) is 244 Å². The lowest BCUT2D eigenvalue weighted by Crippen LogP contribution is -2.28. The van der Waals surface area contributed by atoms with E-state index < -0.39 is 0 Å². The Bertz CT molecular complexity index is 8810. The molecule has 20 nitrogen and oxygen atoms in total. The number of pyridine rings is 4. The summed E-state index contributed by atoms with van der Waals surface area (Å²) >= 11 is 0. The van der Waals surface area contributed by atoms with Gasteiger partial charge >= 0.3 is 0 Å². The van der Waals surface area contributed by atoms with E-state index in [9.17, 15) is 0 Å². The number of ether oxygens (including phenoxy) is 16. The molecule has 141 heavy (non-hydrogen) atoms. The first kappa shape index (κ1) is 87.5. The van der Waals surface area contributed by atoms with Gasteiger partial charge in [0.1, 0.15) is 28.2 Å². The van der Waals surface area contributed by atoms with Crippen molar-refractivity contribution in [3.63, 3.8) is 0 Å². The van der Waals surface area contributed by atoms with Gasteiger partial charge in [-0.3, -0.25) is 0 Å². The summed E-state index contributed by atoms with van der Waals surface area (Å²) in [4.78, 5) is 0. The molecule has 0 aliphatic carbocycles. The molecule has 0 amide bonds. The lowest BCUT2D eigenvalue weighted by molar-refractivity contribution is -0.642. The van der Waals surface area contributed by atoms with Crippen LogP contribution in [0.25, 0.3) is 185 Å². The maximum atomic E-state index is 5.95. The Morgan fingerprint density at radius 3 is 0.858 bits per heavy atom. The van der Waals surface area contributed by atoms with Gasteiger partial charge in [-0.2, -0.15) is 18.3 Å². The molecule has 8 heterocycles. The van der Waals surface area contributed by atoms with E-state index in [2.05, 4.69) is 302 Å². The van der Waals surface area contributed by atoms with Crippen molar-refractivity contribution in [2.75, 3.05) is 84.1 Å². The molecule has 0 fully saturated rings. The van der Waals surface area contributed by atoms with Crippen LogP contribution in [-0.4, -0.2) is 84.1 Å². The molecule has 0 saturated heterocycles. The van der Waals surface area contributed by atoms with Crippen LogP contribution in [-0.2, 0) is 34.6 Å². The fourth-order valence-corrected chi connectivity index (χ4v) is 21.3. The molecule has 22 aromatic rings. The Kier molecular flexibility index (Phi) is 22.5. The average molecular weight is 1860 g/mol. The van der Waals surface area contributed by atoms with Crippen molar-refractivity contribution < 1.29 is 94.1 Å². The molecule has 4 aromatic heterocycles. The van der Waals surface area contributed by atoms with Crippen molar-refractivity contribution in [3.8, 4) is 148 Å². The van der Waals surface area contributed by atoms with Gasteiger partial charge in [0.2, 0.25) is 49.2 Å². The highest BCUT2D eigenvalue weighted by Crippen LogP contribution is 2.54. The molecule has 26 rings (SSSR count). The summed E-state index contributed by atoms with van der Waals surface area (Å²) in [5.74, 6) is 12.1. The van der Waals surface area contributed by atoms with Crippen molar-refractivity contribution >= 4 is 130 Å². The molecule has 4 aliphatic rings. The van der Waals surface area contributed by atoms with Crippen LogP contribution in [0.15, 0.2) is 316 Å². The molecule has 694 valence electrons. The lowest BCUT2D eigenvalue weighted by atomic mass is 9.92. The molecule has 4 aliphatic heterocycles. The highest BCUT2D eigenvalue weighted by Gasteiger charge is 2.33. The van der Waals surface area contributed by atoms with E-state index in [1.165, 1.54) is 27.8 Å². The molecule has 0 spiro atoms. The third-order valence-electron chi connectivity index (χ3n) is 27.7. The lowest BCUT2D eigenvalue weighted by Gasteiger charge is -2.17. The van der Waals surface area contributed by atoms with Gasteiger partial charge < -0.3 is 75.8 Å². The summed E-state index contributed by atoms with van der Waals surface area (Å²) < 4.78 is 101. The molecular formula is C121H98N4O16+4. The standard InChI is InChI=1S/2C33H26NO4.C28H24NO4.C27H22NO4/c1-34-18-28-23(13-14-29-33(28)38-19-37-29)26-15-24(22-11-9-21(10-12-22)20-7-5-4-6-8-20)25-16-30(35-2)31(36-3)17-27(25)32(26)34;1-34-18-27-23(15-16-28-32(27)38-19-37-28)25-14-13-24-26(31(25)34)17-29(35-2)33(36-3)30(24)22-11-9-21(10-12-22)20-7-5-4-6-8-20;1-29-15-23-18(11-12-24-28(23)33-16-32-24)20-10-9-19-21(26(20)29)14-25(30-2)27(31-3)22(19)13-17-7-5-4-6-8-17;1-28-14-21-17(11-12-22-26(21)32-15-31-22)19-10-9-18-20(25(19)28)13-23(29-2)27(30-3)24(18)16-7-5-4-6-8-16/h2*4-18H,19H2,1-3H3;4-12,14-15H,13,16H2,1-3H3;4-14H,15H2,1-3H3/q4*+1. The smallest absolute Gasteiger partial charge is 0.231 e. The second-order valence-electron chi connectivity index (χ2n) is 35.2. The quantitative estimate of drug-likeness (QED) is 0.0703. The Balaban J connectivity index is 0.000000105. The van der Waals surface area contributed by atoms with Crippen LogP contribution in [0.1, 0.15) is 11.1 Å². The topological polar surface area (TPSA) is 163 Å². The molecule has 0 radical (unpaired) electrons. The van der Waals surface area contributed by atoms with Gasteiger partial charge in [-0.05, 0) is 159 Å². The maximum Gasteiger partial charge on any atom is 0.231 e. The second-order valence-corrected chi connectivity index (χ2v) is 35.2. The average Bonchev–Trinajstić information content (AvgIpc) is 1.74. The predicted octanol–water partition coefficient (Wildman–Crippen LogP) is 24.8. The molecule has 0 N–H and O–H groups in total. The van der Waals surface area contributed by atoms with Crippen molar-refractivity contribution in [3.05, 3.63) is 327 Å². The summed E-state index contributed by atoms with van der Waals surface area (Å²) in [5.41, 5.74) is 18.0. The summed E-state index contributed by atoms with van der Waals surface area (Å²) in [6.45, 7) is 1.00. The van der Waals surface area contributed by atoms with Crippen LogP contribution < -0.4 is 94.1 Å². The first-order valence-corrected chi connectivity index (χ1v) is 46.5. The molecule has 0 unspecified atom stereocenters. The minimum atomic E-state index is 0.240. The minimum Gasteiger partial charge on any atom is -0.493 e. The van der Waals surface area contributed by atoms with Crippen LogP contribution >= 0.6 is 0 Å². The Morgan fingerprint density at radius 2 is 0.482 bits per heavy atom. The number of fused-ring (bicyclic) bond motifs is 28. The SMILES string of the molecule is COc1cc2c(-c3ccc(-c4ccccc4)cc3)cc3c4ccc5c(c4c[n+](C)c3c2cc1OC)OCO5.COc1cc2c(ccc3c4ccc5c(c4c[n+](C)c23)OCO5)c(-c2ccc(-c3ccccc3)cc2)c1OC.COc1cc2c(ccc3c4ccc5c(c4c[n+](C)c23)OCO5)c(-c2ccccc2)c1OC.COc1cc2c(ccc3c4ccc5c(c4c[n+](C)c23)OCO5)c(Cc2ccccc2)c1OC. The summed E-state index contributed by atoms with van der Waals surface area (Å²) in [6, 6.07) is 101. The van der Waals surface area contributed by atoms with Crippen molar-refractivity contribution in [2.24, 2.45) is 28.2 Å². The molecular weight excluding hydrogens is 1770 g/mol. The zero-order valence-corrected chi connectivity index (χ0v) is 79.9. The summed E-state index contributed by atoms with van der Waals surface area (Å²) in [7, 11) is 21.8. The minimum absolute atomic E-state index is 0.240. The zero-order valence-electron chi connectivity index (χ0n) is 79.9. The van der Waals surface area contributed by atoms with E-state index in [1.807, 2.05) is 60.7 Å². The zero-order chi connectivity index (χ0) is 96.0. The largest absolute Gasteiger partial charge is 0.493 e. The van der Waals surface area contributed by atoms with Crippen LogP contribution in [0, 0.1) is 0 Å². The fourth-order valence-electron chi connectivity index (χ4n) is 21.3. The Hall–Kier alpha value is -17.5. The number of nitrogens with zero attached hydrogens (tertiary/aromatic N) is 4. The van der Waals surface area contributed by atoms with Crippen LogP contribution in [0.5, 0.6) is 92.0 Å². The number of aryl methyl sites for hydroxylation is 4. The number of hydrogen-bond acceptors (Lipinski definition) is 16. The number of hydrogen-bond donors (Lipinski definition) is 0. The third-order valence-corrected chi connectivity index (χ3v) is 27.7. The number of aromatic nitrogens is 4. The van der Waals surface area contributed by atoms with Crippen LogP contribution in [0.2, 0.25) is 0 Å². The molecule has 18 aromatic carbocycles. The van der Waals surface area contributed by atoms with E-state index in [4.69, 9.17) is 75.8 Å². The van der Waals surface area contributed by atoms with E-state index in [-0.39, 0.29) is 27.2 Å². The van der Waals surface area contributed by atoms with E-state index in [1.54, 1.807) is 56.9 Å². The van der Waals surface area contributed by atoms with Crippen molar-refractivity contribution in [1.29, 1.82) is 0 Å². The highest BCUT2D eigenvalue weighted by atomic mass is 16.7. The molecule has 0 saturated carbocycles. The fraction of sp³-hybridized carbons (Fsp3) is 0.140. The van der Waals surface area contributed by atoms with E-state index >= 15 is 0 Å². The molecule has 0 bridgehead atoms. The van der Waals surface area contributed by atoms with E-state index in [0.29, 0.717) is 23.0 Å². The van der Waals surface area contributed by atoms with Gasteiger partial charge in [0, 0.05) is 60.8 Å². The van der Waals surface area contributed by atoms with Gasteiger partial charge in [-0.15, -0.1) is 0 Å². The number of benzene rings is 18. The number of rotatable bonds is 15. The summed E-state index contributed by atoms with van der Waals surface area (Å²) in [5, 5.41) is 22.0. The Morgan fingerprint density at radius 1 is 0.213 bits per heavy atom. The number of methoxy groups -OCH3 is 8. The second kappa shape index (κ2) is 36.2. The van der Waals surface area contributed by atoms with Crippen LogP contribution in [0.3, 0.4) is 0 Å². The van der Waals surface area contributed by atoms with Crippen molar-refractivity contribution in [1.82, 2.24) is 0 Å². The van der Waals surface area contributed by atoms with Gasteiger partial charge in [-0.1, -0.05) is 188 Å². The summed E-state index contributed by atoms with van der Waals surface area (Å²) in [6.07, 6.45) is 9.23. The van der Waals surface area contributed by atoms with Gasteiger partial charge in [0.05, 0.1) is 122 Å². The van der Waals surface area contributed by atoms with Crippen molar-refractivity contribution in [2.45, 2.75) is 6.42 Å². The molecule has 0 atom stereocenters. The van der Waals surface area contributed by atoms with Crippen LogP contribution in [0.4, 0.5) is 0 Å². The maximum absolute atomic E-state index is 5.95. The molecule has 20 heteroatoms. The first-order chi connectivity index (χ1) is 69.2. The van der Waals surface area contributed by atoms with Gasteiger partial charge in [0.15, 0.2) is 117 Å². The first-order valence-electron chi connectivity index (χ1n) is 46.5. The highest BCUT2D eigenvalue weighted by molar-refractivity contribution is 6.23. The van der Waals surface area contributed by atoms with Gasteiger partial charge in [-0.25, -0.2) is 0 Å².